The maximum Gasteiger partial charge on any atom is 0.472 e. The highest BCUT2D eigenvalue weighted by molar-refractivity contribution is 7.47. The molecule has 3 N–H and O–H groups in total. The molecule has 0 aromatic heterocycles. The molecule has 49 heavy (non-hydrogen) atoms. The van der Waals surface area contributed by atoms with Crippen LogP contribution in [0.2, 0.25) is 0 Å². The molecule has 0 amide bonds. The summed E-state index contributed by atoms with van der Waals surface area (Å²) in [5.41, 5.74) is 5.33. The van der Waals surface area contributed by atoms with Crippen molar-refractivity contribution < 1.29 is 37.6 Å². The number of hydrogen-bond acceptors (Lipinski definition) is 8. The second kappa shape index (κ2) is 36.5. The Morgan fingerprint density at radius 1 is 0.592 bits per heavy atom. The summed E-state index contributed by atoms with van der Waals surface area (Å²) in [6.45, 7) is 3.72. The van der Waals surface area contributed by atoms with Crippen molar-refractivity contribution >= 4 is 19.8 Å². The molecule has 9 nitrogen and oxygen atoms in total. The summed E-state index contributed by atoms with van der Waals surface area (Å²) < 4.78 is 32.7. The van der Waals surface area contributed by atoms with E-state index in [-0.39, 0.29) is 38.6 Å². The van der Waals surface area contributed by atoms with Gasteiger partial charge in [-0.15, -0.1) is 0 Å². The van der Waals surface area contributed by atoms with E-state index in [4.69, 9.17) is 24.3 Å². The zero-order valence-corrected chi connectivity index (χ0v) is 32.6. The lowest BCUT2D eigenvalue weighted by Crippen LogP contribution is -2.29. The first-order chi connectivity index (χ1) is 23.8. The number of esters is 2. The van der Waals surface area contributed by atoms with Crippen LogP contribution < -0.4 is 5.73 Å². The van der Waals surface area contributed by atoms with Crippen LogP contribution in [0.25, 0.3) is 0 Å². The van der Waals surface area contributed by atoms with Gasteiger partial charge in [0.25, 0.3) is 0 Å². The van der Waals surface area contributed by atoms with Crippen LogP contribution in [0.3, 0.4) is 0 Å². The van der Waals surface area contributed by atoms with E-state index in [0.29, 0.717) is 6.42 Å². The van der Waals surface area contributed by atoms with Crippen molar-refractivity contribution in [1.82, 2.24) is 0 Å². The van der Waals surface area contributed by atoms with Crippen LogP contribution in [0.4, 0.5) is 0 Å². The minimum atomic E-state index is -4.37. The van der Waals surface area contributed by atoms with Crippen molar-refractivity contribution in [2.45, 2.75) is 200 Å². The van der Waals surface area contributed by atoms with E-state index in [1.165, 1.54) is 116 Å². The molecular formula is C39H76NO8P. The molecule has 2 atom stereocenters. The Morgan fingerprint density at radius 3 is 1.45 bits per heavy atom. The van der Waals surface area contributed by atoms with Crippen molar-refractivity contribution in [2.24, 2.45) is 5.73 Å². The Morgan fingerprint density at radius 2 is 1.00 bits per heavy atom. The van der Waals surface area contributed by atoms with Crippen molar-refractivity contribution in [3.8, 4) is 0 Å². The number of phosphoric acid groups is 1. The van der Waals surface area contributed by atoms with Crippen LogP contribution >= 0.6 is 7.82 Å². The van der Waals surface area contributed by atoms with Gasteiger partial charge in [-0.05, 0) is 38.5 Å². The molecule has 0 aliphatic carbocycles. The number of carbonyl (C=O) groups is 2. The van der Waals surface area contributed by atoms with E-state index in [1.807, 2.05) is 0 Å². The van der Waals surface area contributed by atoms with Crippen LogP contribution in [-0.2, 0) is 32.7 Å². The molecule has 0 saturated heterocycles. The second-order valence-corrected chi connectivity index (χ2v) is 15.0. The van der Waals surface area contributed by atoms with Gasteiger partial charge >= 0.3 is 19.8 Å². The topological polar surface area (TPSA) is 134 Å². The smallest absolute Gasteiger partial charge is 0.462 e. The predicted molar refractivity (Wildman–Crippen MR) is 201 cm³/mol. The van der Waals surface area contributed by atoms with E-state index in [1.54, 1.807) is 0 Å². The molecule has 0 aliphatic heterocycles. The first-order valence-electron chi connectivity index (χ1n) is 20.2. The Kier molecular flexibility index (Phi) is 35.6. The van der Waals surface area contributed by atoms with E-state index in [2.05, 4.69) is 26.0 Å². The van der Waals surface area contributed by atoms with Crippen molar-refractivity contribution in [3.05, 3.63) is 12.2 Å². The van der Waals surface area contributed by atoms with Gasteiger partial charge in [0.2, 0.25) is 0 Å². The monoisotopic (exact) mass is 718 g/mol. The highest BCUT2D eigenvalue weighted by atomic mass is 31.2. The van der Waals surface area contributed by atoms with Crippen LogP contribution in [-0.4, -0.2) is 49.3 Å². The fourth-order valence-corrected chi connectivity index (χ4v) is 6.39. The van der Waals surface area contributed by atoms with Gasteiger partial charge in [0.15, 0.2) is 6.10 Å². The van der Waals surface area contributed by atoms with Crippen molar-refractivity contribution in [3.63, 3.8) is 0 Å². The average Bonchev–Trinajstić information content (AvgIpc) is 3.08. The number of carbonyl (C=O) groups excluding carboxylic acids is 2. The summed E-state index contributed by atoms with van der Waals surface area (Å²) in [4.78, 5) is 34.7. The molecule has 0 radical (unpaired) electrons. The van der Waals surface area contributed by atoms with E-state index < -0.39 is 26.5 Å². The molecule has 290 valence electrons. The minimum absolute atomic E-state index is 0.0552. The summed E-state index contributed by atoms with van der Waals surface area (Å²) in [6.07, 6.45) is 35.2. The molecule has 10 heteroatoms. The van der Waals surface area contributed by atoms with Crippen LogP contribution in [0.15, 0.2) is 12.2 Å². The van der Waals surface area contributed by atoms with E-state index in [9.17, 15) is 19.0 Å². The fraction of sp³-hybridized carbons (Fsp3) is 0.897. The van der Waals surface area contributed by atoms with Crippen LogP contribution in [0.5, 0.6) is 0 Å². The van der Waals surface area contributed by atoms with Gasteiger partial charge in [0.1, 0.15) is 6.61 Å². The normalized spacial score (nSPS) is 13.5. The molecule has 0 spiro atoms. The highest BCUT2D eigenvalue weighted by Crippen LogP contribution is 2.43. The summed E-state index contributed by atoms with van der Waals surface area (Å²) in [5, 5.41) is 0. The third-order valence-electron chi connectivity index (χ3n) is 8.65. The van der Waals surface area contributed by atoms with Gasteiger partial charge in [-0.25, -0.2) is 4.57 Å². The molecule has 0 fully saturated rings. The van der Waals surface area contributed by atoms with Crippen LogP contribution in [0, 0.1) is 0 Å². The third kappa shape index (κ3) is 36.3. The second-order valence-electron chi connectivity index (χ2n) is 13.5. The average molecular weight is 718 g/mol. The Bertz CT molecular complexity index is 825. The highest BCUT2D eigenvalue weighted by Gasteiger charge is 2.26. The Labute approximate surface area is 300 Å². The summed E-state index contributed by atoms with van der Waals surface area (Å²) in [5.74, 6) is -0.828. The van der Waals surface area contributed by atoms with E-state index in [0.717, 1.165) is 44.9 Å². The van der Waals surface area contributed by atoms with E-state index >= 15 is 0 Å². The SMILES string of the molecule is CCCCCCCC/C=C\CCCCCCCCCC(=O)OC(COC(=O)CCCCCCCCCCCCC)COP(=O)(O)OCCN. The van der Waals surface area contributed by atoms with Gasteiger partial charge in [0.05, 0.1) is 13.2 Å². The molecule has 0 bridgehead atoms. The summed E-state index contributed by atoms with van der Waals surface area (Å²) >= 11 is 0. The lowest BCUT2D eigenvalue weighted by molar-refractivity contribution is -0.161. The molecule has 0 aromatic rings. The van der Waals surface area contributed by atoms with Gasteiger partial charge in [0, 0.05) is 19.4 Å². The van der Waals surface area contributed by atoms with Gasteiger partial charge in [-0.3, -0.25) is 18.6 Å². The molecule has 0 aromatic carbocycles. The first kappa shape index (κ1) is 47.8. The lowest BCUT2D eigenvalue weighted by Gasteiger charge is -2.19. The van der Waals surface area contributed by atoms with Gasteiger partial charge in [-0.2, -0.15) is 0 Å². The van der Waals surface area contributed by atoms with Crippen molar-refractivity contribution in [1.29, 1.82) is 0 Å². The Hall–Kier alpha value is -1.25. The minimum Gasteiger partial charge on any atom is -0.462 e. The molecule has 0 saturated carbocycles. The zero-order valence-electron chi connectivity index (χ0n) is 31.7. The fourth-order valence-electron chi connectivity index (χ4n) is 5.63. The summed E-state index contributed by atoms with van der Waals surface area (Å²) in [6, 6.07) is 0. The standard InChI is InChI=1S/C39H76NO8P/c1-3-5-7-9-11-13-15-16-17-18-19-20-22-24-26-28-30-32-39(42)48-37(36-47-49(43,44)46-34-33-40)35-45-38(41)31-29-27-25-23-21-14-12-10-8-6-4-2/h16-17,37H,3-15,18-36,40H2,1-2H3,(H,43,44)/b17-16-. The molecule has 2 unspecified atom stereocenters. The maximum atomic E-state index is 12.5. The number of hydrogen-bond donors (Lipinski definition) is 2. The number of ether oxygens (including phenoxy) is 2. The quantitative estimate of drug-likeness (QED) is 0.0277. The number of phosphoric ester groups is 1. The lowest BCUT2D eigenvalue weighted by atomic mass is 10.1. The number of allylic oxidation sites excluding steroid dienone is 2. The number of rotatable bonds is 38. The molecular weight excluding hydrogens is 641 g/mol. The Balaban J connectivity index is 4.16. The zero-order chi connectivity index (χ0) is 36.1. The van der Waals surface area contributed by atoms with Crippen LogP contribution in [0.1, 0.15) is 194 Å². The summed E-state index contributed by atoms with van der Waals surface area (Å²) in [7, 11) is -4.37. The number of nitrogens with two attached hydrogens (primary N) is 1. The third-order valence-corrected chi connectivity index (χ3v) is 9.64. The van der Waals surface area contributed by atoms with Gasteiger partial charge < -0.3 is 20.1 Å². The largest absolute Gasteiger partial charge is 0.472 e. The molecule has 0 rings (SSSR count). The molecule has 0 aliphatic rings. The number of unbranched alkanes of at least 4 members (excludes halogenated alkanes) is 23. The predicted octanol–water partition coefficient (Wildman–Crippen LogP) is 11.1. The van der Waals surface area contributed by atoms with Crippen molar-refractivity contribution in [2.75, 3.05) is 26.4 Å². The van der Waals surface area contributed by atoms with Gasteiger partial charge in [-0.1, -0.05) is 154 Å². The maximum absolute atomic E-state index is 12.5. The molecule has 0 heterocycles. The first-order valence-corrected chi connectivity index (χ1v) is 21.7.